The van der Waals surface area contributed by atoms with E-state index in [-0.39, 0.29) is 6.04 Å². The Kier molecular flexibility index (Phi) is 4.54. The molecule has 0 aromatic carbocycles. The second-order valence-electron chi connectivity index (χ2n) is 6.16. The fourth-order valence-corrected chi connectivity index (χ4v) is 3.45. The molecule has 24 heavy (non-hydrogen) atoms. The summed E-state index contributed by atoms with van der Waals surface area (Å²) in [6, 6.07) is 7.82. The van der Waals surface area contributed by atoms with Crippen molar-refractivity contribution in [2.75, 3.05) is 0 Å². The molecule has 1 amide bonds. The third-order valence-electron chi connectivity index (χ3n) is 4.31. The molecular weight excluding hydrogens is 322 g/mol. The maximum Gasteiger partial charge on any atom is 0.245 e. The van der Waals surface area contributed by atoms with Gasteiger partial charge in [0.05, 0.1) is 12.6 Å². The van der Waals surface area contributed by atoms with E-state index in [1.807, 2.05) is 42.0 Å². The fourth-order valence-electron chi connectivity index (χ4n) is 2.76. The molecule has 124 valence electrons. The van der Waals surface area contributed by atoms with Gasteiger partial charge in [-0.05, 0) is 44.2 Å². The average Bonchev–Trinajstić information content (AvgIpc) is 3.12. The summed E-state index contributed by atoms with van der Waals surface area (Å²) in [6.45, 7) is 4.48. The van der Waals surface area contributed by atoms with Gasteiger partial charge in [0.15, 0.2) is 11.7 Å². The van der Waals surface area contributed by atoms with Gasteiger partial charge in [0, 0.05) is 27.9 Å². The Bertz CT molecular complexity index is 810. The van der Waals surface area contributed by atoms with Gasteiger partial charge in [-0.25, -0.2) is 0 Å². The van der Waals surface area contributed by atoms with Crippen LogP contribution in [0.25, 0.3) is 0 Å². The van der Waals surface area contributed by atoms with E-state index in [4.69, 9.17) is 0 Å². The summed E-state index contributed by atoms with van der Waals surface area (Å²) in [5, 5.41) is 14.1. The van der Waals surface area contributed by atoms with Crippen molar-refractivity contribution in [3.63, 3.8) is 0 Å². The highest BCUT2D eigenvalue weighted by atomic mass is 32.1. The molecule has 3 rings (SSSR count). The zero-order valence-electron chi connectivity index (χ0n) is 13.7. The number of aryl methyl sites for hydroxylation is 1. The molecule has 5 nitrogen and oxygen atoms in total. The van der Waals surface area contributed by atoms with Crippen LogP contribution in [-0.4, -0.2) is 22.3 Å². The van der Waals surface area contributed by atoms with Gasteiger partial charge in [-0.1, -0.05) is 6.07 Å². The van der Waals surface area contributed by atoms with Crippen molar-refractivity contribution in [2.45, 2.75) is 39.3 Å². The van der Waals surface area contributed by atoms with Gasteiger partial charge in [0.25, 0.3) is 0 Å². The van der Waals surface area contributed by atoms with E-state index in [2.05, 4.69) is 5.32 Å². The van der Waals surface area contributed by atoms with Gasteiger partial charge in [-0.2, -0.15) is 5.26 Å². The molecule has 1 aliphatic carbocycles. The number of nitrogens with zero attached hydrogens (tertiary/aromatic N) is 2. The number of hydrogen-bond donors (Lipinski definition) is 1. The van der Waals surface area contributed by atoms with Crippen LogP contribution in [0.2, 0.25) is 0 Å². The lowest BCUT2D eigenvalue weighted by atomic mass is 9.98. The molecule has 1 saturated carbocycles. The van der Waals surface area contributed by atoms with Crippen LogP contribution in [0.1, 0.15) is 39.5 Å². The number of hydrogen-bond acceptors (Lipinski definition) is 4. The van der Waals surface area contributed by atoms with Gasteiger partial charge < -0.3 is 9.88 Å². The van der Waals surface area contributed by atoms with Crippen LogP contribution in [0.15, 0.2) is 23.6 Å². The smallest absolute Gasteiger partial charge is 0.245 e. The second kappa shape index (κ2) is 6.62. The van der Waals surface area contributed by atoms with Crippen molar-refractivity contribution >= 4 is 23.0 Å². The van der Waals surface area contributed by atoms with Crippen LogP contribution in [0.4, 0.5) is 0 Å². The summed E-state index contributed by atoms with van der Waals surface area (Å²) in [7, 11) is 0. The molecule has 1 unspecified atom stereocenters. The number of Topliss-reactive ketones (excluding diaryl/α,β-unsaturated/α-hetero) is 1. The van der Waals surface area contributed by atoms with E-state index < -0.39 is 17.6 Å². The second-order valence-corrected chi connectivity index (χ2v) is 7.19. The molecule has 0 saturated heterocycles. The quantitative estimate of drug-likeness (QED) is 0.648. The molecule has 2 heterocycles. The van der Waals surface area contributed by atoms with Crippen molar-refractivity contribution < 1.29 is 9.59 Å². The number of rotatable bonds is 6. The molecule has 1 atom stereocenters. The minimum absolute atomic E-state index is 0.132. The van der Waals surface area contributed by atoms with Crippen molar-refractivity contribution in [1.29, 1.82) is 5.26 Å². The standard InChI is InChI=1S/C18H19N3O2S/c1-11-8-15(12(2)21(11)10-14-4-3-7-24-14)17(22)16(9-19)18(23)20-13-5-6-13/h3-4,7-8,13,16H,5-6,10H2,1-2H3,(H,20,23). The maximum atomic E-state index is 12.7. The van der Waals surface area contributed by atoms with E-state index in [0.717, 1.165) is 24.2 Å². The molecule has 1 N–H and O–H groups in total. The molecule has 6 heteroatoms. The molecule has 2 aromatic rings. The maximum absolute atomic E-state index is 12.7. The molecule has 1 fully saturated rings. The number of ketones is 1. The summed E-state index contributed by atoms with van der Waals surface area (Å²) in [4.78, 5) is 26.0. The van der Waals surface area contributed by atoms with Crippen molar-refractivity contribution in [3.8, 4) is 6.07 Å². The largest absolute Gasteiger partial charge is 0.352 e. The Labute approximate surface area is 144 Å². The van der Waals surface area contributed by atoms with Gasteiger partial charge in [-0.15, -0.1) is 11.3 Å². The van der Waals surface area contributed by atoms with Crippen molar-refractivity contribution in [2.24, 2.45) is 5.92 Å². The highest BCUT2D eigenvalue weighted by molar-refractivity contribution is 7.09. The normalized spacial score (nSPS) is 14.9. The van der Waals surface area contributed by atoms with Gasteiger partial charge in [-0.3, -0.25) is 9.59 Å². The van der Waals surface area contributed by atoms with E-state index in [0.29, 0.717) is 12.1 Å². The zero-order valence-corrected chi connectivity index (χ0v) is 14.5. The zero-order chi connectivity index (χ0) is 17.3. The number of nitrogens with one attached hydrogen (secondary N) is 1. The lowest BCUT2D eigenvalue weighted by Crippen LogP contribution is -2.36. The number of carbonyl (C=O) groups excluding carboxylic acids is 2. The highest BCUT2D eigenvalue weighted by Crippen LogP contribution is 2.23. The lowest BCUT2D eigenvalue weighted by molar-refractivity contribution is -0.122. The van der Waals surface area contributed by atoms with E-state index in [9.17, 15) is 14.9 Å². The molecule has 0 aliphatic heterocycles. The number of thiophene rings is 1. The number of nitriles is 1. The number of carbonyl (C=O) groups is 2. The summed E-state index contributed by atoms with van der Waals surface area (Å²) < 4.78 is 2.05. The third kappa shape index (κ3) is 3.26. The first kappa shape index (κ1) is 16.5. The Balaban J connectivity index is 1.84. The van der Waals surface area contributed by atoms with Crippen molar-refractivity contribution in [3.05, 3.63) is 45.4 Å². The lowest BCUT2D eigenvalue weighted by Gasteiger charge is -2.10. The molecule has 2 aromatic heterocycles. The fraction of sp³-hybridized carbons (Fsp3) is 0.389. The number of aromatic nitrogens is 1. The van der Waals surface area contributed by atoms with Crippen LogP contribution < -0.4 is 5.32 Å². The molecular formula is C18H19N3O2S. The van der Waals surface area contributed by atoms with Crippen LogP contribution in [0.5, 0.6) is 0 Å². The number of amides is 1. The van der Waals surface area contributed by atoms with Crippen molar-refractivity contribution in [1.82, 2.24) is 9.88 Å². The predicted molar refractivity (Wildman–Crippen MR) is 91.9 cm³/mol. The summed E-state index contributed by atoms with van der Waals surface area (Å²) >= 11 is 1.66. The van der Waals surface area contributed by atoms with Crippen LogP contribution >= 0.6 is 11.3 Å². The monoisotopic (exact) mass is 341 g/mol. The Morgan fingerprint density at radius 2 is 2.21 bits per heavy atom. The third-order valence-corrected chi connectivity index (χ3v) is 5.17. The first-order valence-electron chi connectivity index (χ1n) is 7.94. The molecule has 0 spiro atoms. The topological polar surface area (TPSA) is 74.9 Å². The Morgan fingerprint density at radius 1 is 1.46 bits per heavy atom. The predicted octanol–water partition coefficient (Wildman–Crippen LogP) is 2.82. The molecule has 0 radical (unpaired) electrons. The van der Waals surface area contributed by atoms with Gasteiger partial charge in [0.2, 0.25) is 5.91 Å². The van der Waals surface area contributed by atoms with Crippen LogP contribution in [0.3, 0.4) is 0 Å². The van der Waals surface area contributed by atoms with Gasteiger partial charge >= 0.3 is 0 Å². The van der Waals surface area contributed by atoms with Gasteiger partial charge in [0.1, 0.15) is 0 Å². The summed E-state index contributed by atoms with van der Waals surface area (Å²) in [6.07, 6.45) is 1.85. The first-order chi connectivity index (χ1) is 11.5. The molecule has 1 aliphatic rings. The minimum Gasteiger partial charge on any atom is -0.352 e. The van der Waals surface area contributed by atoms with Crippen LogP contribution in [0, 0.1) is 31.1 Å². The Morgan fingerprint density at radius 3 is 2.79 bits per heavy atom. The Hall–Kier alpha value is -2.39. The average molecular weight is 341 g/mol. The van der Waals surface area contributed by atoms with E-state index in [1.54, 1.807) is 17.4 Å². The summed E-state index contributed by atoms with van der Waals surface area (Å²) in [5.74, 6) is -2.17. The highest BCUT2D eigenvalue weighted by Gasteiger charge is 2.33. The van der Waals surface area contributed by atoms with Crippen LogP contribution in [-0.2, 0) is 11.3 Å². The molecule has 0 bridgehead atoms. The summed E-state index contributed by atoms with van der Waals surface area (Å²) in [5.41, 5.74) is 2.20. The van der Waals surface area contributed by atoms with E-state index in [1.165, 1.54) is 4.88 Å². The first-order valence-corrected chi connectivity index (χ1v) is 8.82. The SMILES string of the molecule is Cc1cc(C(=O)C(C#N)C(=O)NC2CC2)c(C)n1Cc1cccs1. The minimum atomic E-state index is -1.28. The van der Waals surface area contributed by atoms with E-state index >= 15 is 0 Å².